The Hall–Kier alpha value is -3.19. The lowest BCUT2D eigenvalue weighted by atomic mass is 9.76. The third-order valence-corrected chi connectivity index (χ3v) is 6.07. The second kappa shape index (κ2) is 6.70. The van der Waals surface area contributed by atoms with Gasteiger partial charge >= 0.3 is 5.97 Å². The van der Waals surface area contributed by atoms with E-state index in [4.69, 9.17) is 0 Å². The molecule has 2 aromatic carbocycles. The van der Waals surface area contributed by atoms with Gasteiger partial charge < -0.3 is 10.2 Å². The summed E-state index contributed by atoms with van der Waals surface area (Å²) in [7, 11) is 0. The first-order valence-electron chi connectivity index (χ1n) is 9.44. The minimum Gasteiger partial charge on any atom is -0.507 e. The Kier molecular flexibility index (Phi) is 4.42. The van der Waals surface area contributed by atoms with E-state index in [-0.39, 0.29) is 12.2 Å². The summed E-state index contributed by atoms with van der Waals surface area (Å²) < 4.78 is 0. The van der Waals surface area contributed by atoms with Crippen molar-refractivity contribution in [2.75, 3.05) is 0 Å². The summed E-state index contributed by atoms with van der Waals surface area (Å²) in [6.07, 6.45) is 0.0671. The zero-order valence-corrected chi connectivity index (χ0v) is 16.1. The van der Waals surface area contributed by atoms with E-state index in [0.29, 0.717) is 16.7 Å². The van der Waals surface area contributed by atoms with E-state index in [0.717, 1.165) is 5.56 Å². The molecule has 2 heterocycles. The van der Waals surface area contributed by atoms with Gasteiger partial charge in [-0.3, -0.25) is 25.0 Å². The predicted octanol–water partition coefficient (Wildman–Crippen LogP) is 1.61. The highest BCUT2D eigenvalue weighted by molar-refractivity contribution is 6.09. The Labute approximate surface area is 167 Å². The molecule has 150 valence electrons. The molecule has 2 aromatic rings. The van der Waals surface area contributed by atoms with Gasteiger partial charge in [-0.05, 0) is 36.1 Å². The maximum Gasteiger partial charge on any atom is 0.325 e. The number of carbonyl (C=O) groups is 3. The third kappa shape index (κ3) is 2.89. The number of aliphatic carboxylic acids is 1. The molecule has 2 saturated heterocycles. The third-order valence-electron chi connectivity index (χ3n) is 6.07. The van der Waals surface area contributed by atoms with Crippen molar-refractivity contribution in [2.24, 2.45) is 11.8 Å². The summed E-state index contributed by atoms with van der Waals surface area (Å²) in [4.78, 5) is 37.8. The average molecular weight is 394 g/mol. The highest BCUT2D eigenvalue weighted by atomic mass is 16.4. The van der Waals surface area contributed by atoms with E-state index >= 15 is 0 Å². The number of amides is 2. The number of phenolic OH excluding ortho intramolecular Hbond substituents is 1. The molecule has 4 unspecified atom stereocenters. The van der Waals surface area contributed by atoms with E-state index in [2.05, 4.69) is 10.6 Å². The molecule has 2 aliphatic heterocycles. The second-order valence-corrected chi connectivity index (χ2v) is 7.92. The quantitative estimate of drug-likeness (QED) is 0.586. The van der Waals surface area contributed by atoms with Crippen LogP contribution in [0.15, 0.2) is 42.5 Å². The first kappa shape index (κ1) is 19.1. The highest BCUT2D eigenvalue weighted by Gasteiger charge is 2.66. The van der Waals surface area contributed by atoms with Gasteiger partial charge in [0.15, 0.2) is 0 Å². The molecule has 4 atom stereocenters. The lowest BCUT2D eigenvalue weighted by molar-refractivity contribution is -0.149. The Morgan fingerprint density at radius 3 is 2.28 bits per heavy atom. The minimum atomic E-state index is -1.62. The SMILES string of the molecule is Cc1cc(C2NC(Cc3ccccc3)(C(=O)O)C3C(=O)NC(=O)C23)cc(C)c1O. The van der Waals surface area contributed by atoms with Gasteiger partial charge in [0.1, 0.15) is 11.3 Å². The molecule has 0 bridgehead atoms. The largest absolute Gasteiger partial charge is 0.507 e. The van der Waals surface area contributed by atoms with Crippen molar-refractivity contribution in [3.63, 3.8) is 0 Å². The van der Waals surface area contributed by atoms with E-state index in [1.54, 1.807) is 50.2 Å². The van der Waals surface area contributed by atoms with Crippen molar-refractivity contribution in [1.82, 2.24) is 10.6 Å². The zero-order chi connectivity index (χ0) is 20.9. The second-order valence-electron chi connectivity index (χ2n) is 7.92. The molecular formula is C22H22N2O5. The summed E-state index contributed by atoms with van der Waals surface area (Å²) in [5.74, 6) is -3.93. The van der Waals surface area contributed by atoms with Gasteiger partial charge in [-0.1, -0.05) is 42.5 Å². The Morgan fingerprint density at radius 1 is 1.07 bits per heavy atom. The van der Waals surface area contributed by atoms with Gasteiger partial charge in [0.05, 0.1) is 11.8 Å². The van der Waals surface area contributed by atoms with E-state index < -0.39 is 41.2 Å². The number of carbonyl (C=O) groups excluding carboxylic acids is 2. The number of phenols is 1. The Morgan fingerprint density at radius 2 is 1.69 bits per heavy atom. The maximum atomic E-state index is 12.7. The van der Waals surface area contributed by atoms with Gasteiger partial charge in [0.25, 0.3) is 0 Å². The van der Waals surface area contributed by atoms with Crippen LogP contribution in [-0.4, -0.2) is 33.5 Å². The number of nitrogens with one attached hydrogen (secondary N) is 2. The molecular weight excluding hydrogens is 372 g/mol. The molecule has 0 spiro atoms. The summed E-state index contributed by atoms with van der Waals surface area (Å²) >= 11 is 0. The number of rotatable bonds is 4. The van der Waals surface area contributed by atoms with Crippen LogP contribution in [0.5, 0.6) is 5.75 Å². The molecule has 2 aliphatic rings. The molecule has 2 fully saturated rings. The summed E-state index contributed by atoms with van der Waals surface area (Å²) in [6, 6.07) is 11.8. The monoisotopic (exact) mass is 394 g/mol. The molecule has 7 nitrogen and oxygen atoms in total. The number of aryl methyl sites for hydroxylation is 2. The number of aromatic hydroxyl groups is 1. The first-order valence-corrected chi connectivity index (χ1v) is 9.44. The van der Waals surface area contributed by atoms with Crippen molar-refractivity contribution in [3.05, 3.63) is 64.7 Å². The molecule has 0 radical (unpaired) electrons. The van der Waals surface area contributed by atoms with Crippen molar-refractivity contribution in [1.29, 1.82) is 0 Å². The van der Waals surface area contributed by atoms with Crippen LogP contribution < -0.4 is 10.6 Å². The van der Waals surface area contributed by atoms with E-state index in [9.17, 15) is 24.6 Å². The van der Waals surface area contributed by atoms with Gasteiger partial charge in [-0.15, -0.1) is 0 Å². The van der Waals surface area contributed by atoms with Crippen LogP contribution >= 0.6 is 0 Å². The van der Waals surface area contributed by atoms with Crippen LogP contribution in [0.2, 0.25) is 0 Å². The maximum absolute atomic E-state index is 12.7. The smallest absolute Gasteiger partial charge is 0.325 e. The molecule has 0 aliphatic carbocycles. The summed E-state index contributed by atoms with van der Waals surface area (Å²) in [5.41, 5.74) is 1.06. The molecule has 7 heteroatoms. The van der Waals surface area contributed by atoms with Gasteiger partial charge in [0, 0.05) is 12.5 Å². The molecule has 29 heavy (non-hydrogen) atoms. The van der Waals surface area contributed by atoms with Crippen molar-refractivity contribution in [3.8, 4) is 5.75 Å². The van der Waals surface area contributed by atoms with Crippen LogP contribution in [0.25, 0.3) is 0 Å². The number of carboxylic acid groups (broad SMARTS) is 1. The number of carboxylic acids is 1. The average Bonchev–Trinajstić information content (AvgIpc) is 3.17. The van der Waals surface area contributed by atoms with Crippen LogP contribution in [0.1, 0.15) is 28.3 Å². The van der Waals surface area contributed by atoms with Crippen molar-refractivity contribution >= 4 is 17.8 Å². The fourth-order valence-electron chi connectivity index (χ4n) is 4.74. The number of hydrogen-bond acceptors (Lipinski definition) is 5. The van der Waals surface area contributed by atoms with Crippen molar-refractivity contribution < 1.29 is 24.6 Å². The molecule has 2 amide bonds. The number of benzene rings is 2. The van der Waals surface area contributed by atoms with Crippen LogP contribution in [0.4, 0.5) is 0 Å². The van der Waals surface area contributed by atoms with Crippen LogP contribution in [0, 0.1) is 25.7 Å². The van der Waals surface area contributed by atoms with Gasteiger partial charge in [0.2, 0.25) is 11.8 Å². The summed E-state index contributed by atoms with van der Waals surface area (Å²) in [6.45, 7) is 3.49. The molecule has 0 aromatic heterocycles. The fourth-order valence-corrected chi connectivity index (χ4v) is 4.74. The molecule has 0 saturated carbocycles. The van der Waals surface area contributed by atoms with Crippen LogP contribution in [0.3, 0.4) is 0 Å². The minimum absolute atomic E-state index is 0.0671. The topological polar surface area (TPSA) is 116 Å². The number of hydrogen-bond donors (Lipinski definition) is 4. The van der Waals surface area contributed by atoms with E-state index in [1.165, 1.54) is 0 Å². The molecule has 4 rings (SSSR count). The normalized spacial score (nSPS) is 28.3. The highest BCUT2D eigenvalue weighted by Crippen LogP contribution is 2.48. The number of imide groups is 1. The lowest BCUT2D eigenvalue weighted by Gasteiger charge is -2.30. The summed E-state index contributed by atoms with van der Waals surface area (Å²) in [5, 5.41) is 25.8. The first-order chi connectivity index (χ1) is 13.7. The number of fused-ring (bicyclic) bond motifs is 1. The van der Waals surface area contributed by atoms with Crippen molar-refractivity contribution in [2.45, 2.75) is 31.8 Å². The predicted molar refractivity (Wildman–Crippen MR) is 104 cm³/mol. The fraction of sp³-hybridized carbons (Fsp3) is 0.318. The zero-order valence-electron chi connectivity index (χ0n) is 16.1. The van der Waals surface area contributed by atoms with E-state index in [1.807, 2.05) is 6.07 Å². The standard InChI is InChI=1S/C22H22N2O5/c1-11-8-14(9-12(2)18(11)25)17-15-16(20(27)23-19(15)26)22(24-17,21(28)29)10-13-6-4-3-5-7-13/h3-9,15-17,24-25H,10H2,1-2H3,(H,28,29)(H,23,26,27). The lowest BCUT2D eigenvalue weighted by Crippen LogP contribution is -2.57. The van der Waals surface area contributed by atoms with Gasteiger partial charge in [-0.2, -0.15) is 0 Å². The Balaban J connectivity index is 1.84. The molecule has 4 N–H and O–H groups in total. The van der Waals surface area contributed by atoms with Crippen LogP contribution in [-0.2, 0) is 20.8 Å². The Bertz CT molecular complexity index is 996. The van der Waals surface area contributed by atoms with Gasteiger partial charge in [-0.25, -0.2) is 0 Å².